The number of methoxy groups -OCH3 is 1. The smallest absolute Gasteiger partial charge is 0.257 e. The third-order valence-electron chi connectivity index (χ3n) is 4.03. The number of ether oxygens (including phenoxy) is 1. The molecule has 0 radical (unpaired) electrons. The summed E-state index contributed by atoms with van der Waals surface area (Å²) in [5.41, 5.74) is 2.97. The molecule has 0 saturated carbocycles. The average Bonchev–Trinajstić information content (AvgIpc) is 3.08. The van der Waals surface area contributed by atoms with Crippen LogP contribution >= 0.6 is 23.1 Å². The van der Waals surface area contributed by atoms with Gasteiger partial charge in [-0.3, -0.25) is 9.59 Å². The quantitative estimate of drug-likeness (QED) is 0.632. The molecule has 0 fully saturated rings. The van der Waals surface area contributed by atoms with Crippen LogP contribution in [0.1, 0.15) is 21.6 Å². The van der Waals surface area contributed by atoms with Crippen molar-refractivity contribution in [2.75, 3.05) is 19.0 Å². The summed E-state index contributed by atoms with van der Waals surface area (Å²) < 4.78 is 7.47. The van der Waals surface area contributed by atoms with E-state index in [1.165, 1.54) is 16.7 Å². The molecule has 0 aliphatic carbocycles. The zero-order chi connectivity index (χ0) is 20.1. The number of carbonyl (C=O) groups is 1. The molecule has 0 bridgehead atoms. The zero-order valence-corrected chi connectivity index (χ0v) is 17.5. The number of anilines is 1. The van der Waals surface area contributed by atoms with Crippen LogP contribution in [0.15, 0.2) is 55.9 Å². The minimum Gasteiger partial charge on any atom is -0.383 e. The Morgan fingerprint density at radius 1 is 1.29 bits per heavy atom. The van der Waals surface area contributed by atoms with E-state index in [-0.39, 0.29) is 11.5 Å². The maximum atomic E-state index is 12.6. The molecule has 28 heavy (non-hydrogen) atoms. The molecule has 8 heteroatoms. The van der Waals surface area contributed by atoms with Crippen LogP contribution in [0.5, 0.6) is 0 Å². The highest BCUT2D eigenvalue weighted by Gasteiger charge is 2.11. The SMILES string of the molecule is COCCn1cc(C(=O)Nc2ccc(Sc3nc(C)cs3)cc2C)ccc1=O. The summed E-state index contributed by atoms with van der Waals surface area (Å²) in [7, 11) is 1.57. The Labute approximate surface area is 171 Å². The van der Waals surface area contributed by atoms with Crippen LogP contribution in [0.25, 0.3) is 0 Å². The largest absolute Gasteiger partial charge is 0.383 e. The standard InChI is InChI=1S/C20H21N3O3S2/c1-13-10-16(28-20-21-14(2)12-27-20)5-6-17(13)22-19(25)15-4-7-18(24)23(11-15)8-9-26-3/h4-7,10-12H,8-9H2,1-3H3,(H,22,25). The van der Waals surface area contributed by atoms with Gasteiger partial charge in [-0.2, -0.15) is 0 Å². The molecule has 1 N–H and O–H groups in total. The van der Waals surface area contributed by atoms with Crippen LogP contribution in [0.4, 0.5) is 5.69 Å². The first-order valence-electron chi connectivity index (χ1n) is 8.67. The molecule has 2 heterocycles. The number of thiazole rings is 1. The lowest BCUT2D eigenvalue weighted by atomic mass is 10.2. The van der Waals surface area contributed by atoms with Crippen molar-refractivity contribution in [3.05, 3.63) is 69.1 Å². The molecule has 0 saturated heterocycles. The van der Waals surface area contributed by atoms with Crippen molar-refractivity contribution in [3.8, 4) is 0 Å². The third-order valence-corrected chi connectivity index (χ3v) is 6.08. The number of benzene rings is 1. The summed E-state index contributed by atoms with van der Waals surface area (Å²) in [6.45, 7) is 4.73. The van der Waals surface area contributed by atoms with E-state index in [2.05, 4.69) is 10.3 Å². The predicted molar refractivity (Wildman–Crippen MR) is 113 cm³/mol. The summed E-state index contributed by atoms with van der Waals surface area (Å²) in [5, 5.41) is 4.94. The maximum Gasteiger partial charge on any atom is 0.257 e. The van der Waals surface area contributed by atoms with E-state index in [9.17, 15) is 9.59 Å². The Morgan fingerprint density at radius 3 is 2.79 bits per heavy atom. The number of nitrogens with zero attached hydrogens (tertiary/aromatic N) is 2. The average molecular weight is 416 g/mol. The molecule has 3 rings (SSSR count). The van der Waals surface area contributed by atoms with Crippen molar-refractivity contribution >= 4 is 34.7 Å². The Balaban J connectivity index is 1.72. The zero-order valence-electron chi connectivity index (χ0n) is 15.9. The molecule has 1 amide bonds. The highest BCUT2D eigenvalue weighted by Crippen LogP contribution is 2.32. The van der Waals surface area contributed by atoms with Gasteiger partial charge in [-0.05, 0) is 43.7 Å². The van der Waals surface area contributed by atoms with Crippen molar-refractivity contribution in [3.63, 3.8) is 0 Å². The minimum absolute atomic E-state index is 0.163. The van der Waals surface area contributed by atoms with E-state index < -0.39 is 0 Å². The van der Waals surface area contributed by atoms with Crippen molar-refractivity contribution in [1.82, 2.24) is 9.55 Å². The fourth-order valence-corrected chi connectivity index (χ4v) is 4.45. The fraction of sp³-hybridized carbons (Fsp3) is 0.250. The molecule has 3 aromatic rings. The maximum absolute atomic E-state index is 12.6. The number of aryl methyl sites for hydroxylation is 2. The Morgan fingerprint density at radius 2 is 2.11 bits per heavy atom. The second kappa shape index (κ2) is 9.18. The monoisotopic (exact) mass is 415 g/mol. The number of rotatable bonds is 7. The first-order valence-corrected chi connectivity index (χ1v) is 10.4. The number of aromatic nitrogens is 2. The van der Waals surface area contributed by atoms with Gasteiger partial charge >= 0.3 is 0 Å². The van der Waals surface area contributed by atoms with Gasteiger partial charge in [0.1, 0.15) is 0 Å². The van der Waals surface area contributed by atoms with Gasteiger partial charge in [-0.25, -0.2) is 4.98 Å². The first-order chi connectivity index (χ1) is 13.5. The van der Waals surface area contributed by atoms with Gasteiger partial charge in [0.25, 0.3) is 11.5 Å². The Kier molecular flexibility index (Phi) is 6.66. The molecule has 0 unspecified atom stereocenters. The molecule has 0 atom stereocenters. The molecule has 0 aliphatic heterocycles. The number of carbonyl (C=O) groups excluding carboxylic acids is 1. The lowest BCUT2D eigenvalue weighted by Crippen LogP contribution is -2.23. The second-order valence-electron chi connectivity index (χ2n) is 6.23. The molecular formula is C20H21N3O3S2. The van der Waals surface area contributed by atoms with E-state index in [0.29, 0.717) is 18.7 Å². The van der Waals surface area contributed by atoms with Gasteiger partial charge < -0.3 is 14.6 Å². The highest BCUT2D eigenvalue weighted by atomic mass is 32.2. The van der Waals surface area contributed by atoms with Gasteiger partial charge in [-0.1, -0.05) is 11.8 Å². The Hall–Kier alpha value is -2.42. The van der Waals surface area contributed by atoms with E-state index in [4.69, 9.17) is 4.74 Å². The van der Waals surface area contributed by atoms with Crippen LogP contribution < -0.4 is 10.9 Å². The second-order valence-corrected chi connectivity index (χ2v) is 8.41. The molecule has 2 aromatic heterocycles. The van der Waals surface area contributed by atoms with E-state index >= 15 is 0 Å². The first kappa shape index (κ1) is 20.3. The fourth-order valence-electron chi connectivity index (χ4n) is 2.54. The highest BCUT2D eigenvalue weighted by molar-refractivity contribution is 8.01. The van der Waals surface area contributed by atoms with Gasteiger partial charge in [0.2, 0.25) is 0 Å². The van der Waals surface area contributed by atoms with Gasteiger partial charge in [0.15, 0.2) is 4.34 Å². The van der Waals surface area contributed by atoms with Gasteiger partial charge in [0.05, 0.1) is 12.2 Å². The number of nitrogens with one attached hydrogen (secondary N) is 1. The number of pyridine rings is 1. The summed E-state index contributed by atoms with van der Waals surface area (Å²) in [6.07, 6.45) is 1.56. The van der Waals surface area contributed by atoms with Crippen molar-refractivity contribution in [1.29, 1.82) is 0 Å². The summed E-state index contributed by atoms with van der Waals surface area (Å²) in [4.78, 5) is 30.0. The lowest BCUT2D eigenvalue weighted by molar-refractivity contribution is 0.102. The molecule has 146 valence electrons. The number of hydrogen-bond donors (Lipinski definition) is 1. The van der Waals surface area contributed by atoms with Crippen molar-refractivity contribution in [2.45, 2.75) is 29.6 Å². The van der Waals surface area contributed by atoms with Crippen LogP contribution in [-0.2, 0) is 11.3 Å². The third kappa shape index (κ3) is 5.09. The van der Waals surface area contributed by atoms with Crippen LogP contribution in [0, 0.1) is 13.8 Å². The normalized spacial score (nSPS) is 10.8. The summed E-state index contributed by atoms with van der Waals surface area (Å²) in [6, 6.07) is 8.80. The summed E-state index contributed by atoms with van der Waals surface area (Å²) >= 11 is 3.22. The van der Waals surface area contributed by atoms with Gasteiger partial charge in [0, 0.05) is 47.6 Å². The molecule has 1 aromatic carbocycles. The van der Waals surface area contributed by atoms with Crippen LogP contribution in [-0.4, -0.2) is 29.2 Å². The molecule has 0 aliphatic rings. The number of amides is 1. The molecule has 0 spiro atoms. The van der Waals surface area contributed by atoms with E-state index in [0.717, 1.165) is 26.2 Å². The number of hydrogen-bond acceptors (Lipinski definition) is 6. The van der Waals surface area contributed by atoms with Crippen molar-refractivity contribution in [2.24, 2.45) is 0 Å². The topological polar surface area (TPSA) is 73.2 Å². The van der Waals surface area contributed by atoms with Crippen LogP contribution in [0.2, 0.25) is 0 Å². The van der Waals surface area contributed by atoms with E-state index in [1.807, 2.05) is 37.4 Å². The predicted octanol–water partition coefficient (Wildman–Crippen LogP) is 3.97. The van der Waals surface area contributed by atoms with E-state index in [1.54, 1.807) is 36.4 Å². The molecular weight excluding hydrogens is 394 g/mol. The van der Waals surface area contributed by atoms with Gasteiger partial charge in [-0.15, -0.1) is 11.3 Å². The lowest BCUT2D eigenvalue weighted by Gasteiger charge is -2.11. The summed E-state index contributed by atoms with van der Waals surface area (Å²) in [5.74, 6) is -0.259. The minimum atomic E-state index is -0.259. The van der Waals surface area contributed by atoms with Crippen molar-refractivity contribution < 1.29 is 9.53 Å². The Bertz CT molecular complexity index is 1040. The van der Waals surface area contributed by atoms with Crippen LogP contribution in [0.3, 0.4) is 0 Å². The molecule has 6 nitrogen and oxygen atoms in total.